The highest BCUT2D eigenvalue weighted by Crippen LogP contribution is 2.40. The second-order valence-electron chi connectivity index (χ2n) is 8.79. The first-order chi connectivity index (χ1) is 16.9. The Labute approximate surface area is 212 Å². The number of benzene rings is 2. The van der Waals surface area contributed by atoms with E-state index in [1.165, 1.54) is 24.5 Å². The first kappa shape index (κ1) is 23.6. The SMILES string of the molecule is C=CC(=O)N1[C@@H]2CC[C@H]1CC(Nc1cc3c(Nc4ccc(Cl)c(Cl)c4F)ncnc3cc1OC)C2. The van der Waals surface area contributed by atoms with E-state index >= 15 is 0 Å². The number of ether oxygens (including phenoxy) is 1. The van der Waals surface area contributed by atoms with Crippen molar-refractivity contribution in [3.8, 4) is 5.75 Å². The summed E-state index contributed by atoms with van der Waals surface area (Å²) in [4.78, 5) is 22.9. The largest absolute Gasteiger partial charge is 0.495 e. The van der Waals surface area contributed by atoms with Gasteiger partial charge in [-0.15, -0.1) is 0 Å². The number of fused-ring (bicyclic) bond motifs is 3. The molecule has 5 rings (SSSR count). The molecule has 0 saturated carbocycles. The summed E-state index contributed by atoms with van der Waals surface area (Å²) in [6.45, 7) is 3.65. The zero-order valence-electron chi connectivity index (χ0n) is 19.0. The predicted octanol–water partition coefficient (Wildman–Crippen LogP) is 5.95. The number of hydrogen-bond donors (Lipinski definition) is 2. The van der Waals surface area contributed by atoms with Gasteiger partial charge in [-0.2, -0.15) is 0 Å². The predicted molar refractivity (Wildman–Crippen MR) is 136 cm³/mol. The van der Waals surface area contributed by atoms with Gasteiger partial charge in [0.25, 0.3) is 0 Å². The van der Waals surface area contributed by atoms with Gasteiger partial charge >= 0.3 is 0 Å². The minimum Gasteiger partial charge on any atom is -0.495 e. The van der Waals surface area contributed by atoms with Crippen LogP contribution in [-0.2, 0) is 4.79 Å². The van der Waals surface area contributed by atoms with Crippen LogP contribution in [0.2, 0.25) is 10.0 Å². The molecule has 2 aliphatic rings. The molecule has 1 aromatic heterocycles. The molecular formula is C25H24Cl2FN5O2. The fraction of sp³-hybridized carbons (Fsp3) is 0.320. The Hall–Kier alpha value is -3.10. The molecule has 182 valence electrons. The van der Waals surface area contributed by atoms with E-state index in [-0.39, 0.29) is 39.8 Å². The quantitative estimate of drug-likeness (QED) is 0.312. The van der Waals surface area contributed by atoms with Crippen LogP contribution in [0.15, 0.2) is 43.2 Å². The number of methoxy groups -OCH3 is 1. The van der Waals surface area contributed by atoms with E-state index in [9.17, 15) is 9.18 Å². The maximum Gasteiger partial charge on any atom is 0.246 e. The lowest BCUT2D eigenvalue weighted by molar-refractivity contribution is -0.130. The highest BCUT2D eigenvalue weighted by atomic mass is 35.5. The minimum atomic E-state index is -0.658. The smallest absolute Gasteiger partial charge is 0.246 e. The summed E-state index contributed by atoms with van der Waals surface area (Å²) in [7, 11) is 1.60. The number of nitrogens with one attached hydrogen (secondary N) is 2. The first-order valence-electron chi connectivity index (χ1n) is 11.3. The van der Waals surface area contributed by atoms with Gasteiger partial charge in [0, 0.05) is 29.6 Å². The van der Waals surface area contributed by atoms with Gasteiger partial charge in [-0.05, 0) is 50.0 Å². The molecule has 2 N–H and O–H groups in total. The number of amides is 1. The maximum atomic E-state index is 14.7. The number of nitrogens with zero attached hydrogens (tertiary/aromatic N) is 3. The zero-order chi connectivity index (χ0) is 24.7. The molecule has 3 aromatic rings. The van der Waals surface area contributed by atoms with Crippen LogP contribution in [0.4, 0.5) is 21.6 Å². The van der Waals surface area contributed by atoms with Gasteiger partial charge in [0.05, 0.1) is 34.0 Å². The Kier molecular flexibility index (Phi) is 6.42. The van der Waals surface area contributed by atoms with E-state index in [0.29, 0.717) is 22.5 Å². The summed E-state index contributed by atoms with van der Waals surface area (Å²) in [6.07, 6.45) is 6.46. The number of aromatic nitrogens is 2. The molecule has 3 atom stereocenters. The van der Waals surface area contributed by atoms with Gasteiger partial charge in [0.15, 0.2) is 5.82 Å². The average Bonchev–Trinajstić information content (AvgIpc) is 3.13. The molecule has 0 radical (unpaired) electrons. The number of carbonyl (C=O) groups excluding carboxylic acids is 1. The van der Waals surface area contributed by atoms with Gasteiger partial charge < -0.3 is 20.3 Å². The lowest BCUT2D eigenvalue weighted by Gasteiger charge is -2.39. The zero-order valence-corrected chi connectivity index (χ0v) is 20.5. The fourth-order valence-corrected chi connectivity index (χ4v) is 5.51. The molecule has 2 aromatic carbocycles. The maximum absolute atomic E-state index is 14.7. The average molecular weight is 516 g/mol. The van der Waals surface area contributed by atoms with Crippen molar-refractivity contribution in [3.05, 3.63) is 59.1 Å². The number of piperidine rings is 1. The van der Waals surface area contributed by atoms with Crippen molar-refractivity contribution in [1.29, 1.82) is 0 Å². The molecule has 2 aliphatic heterocycles. The lowest BCUT2D eigenvalue weighted by atomic mass is 9.96. The summed E-state index contributed by atoms with van der Waals surface area (Å²) in [5.41, 5.74) is 1.57. The number of carbonyl (C=O) groups is 1. The highest BCUT2D eigenvalue weighted by Gasteiger charge is 2.42. The minimum absolute atomic E-state index is 0.00151. The monoisotopic (exact) mass is 515 g/mol. The van der Waals surface area contributed by atoms with E-state index in [1.54, 1.807) is 7.11 Å². The highest BCUT2D eigenvalue weighted by molar-refractivity contribution is 6.42. The van der Waals surface area contributed by atoms with E-state index in [0.717, 1.165) is 31.4 Å². The molecule has 7 nitrogen and oxygen atoms in total. The van der Waals surface area contributed by atoms with Crippen LogP contribution >= 0.6 is 23.2 Å². The lowest BCUT2D eigenvalue weighted by Crippen LogP contribution is -2.49. The molecule has 3 heterocycles. The Bertz CT molecular complexity index is 1310. The van der Waals surface area contributed by atoms with Crippen molar-refractivity contribution in [3.63, 3.8) is 0 Å². The van der Waals surface area contributed by atoms with Crippen molar-refractivity contribution >= 4 is 57.2 Å². The Morgan fingerprint density at radius 3 is 2.63 bits per heavy atom. The Morgan fingerprint density at radius 1 is 1.20 bits per heavy atom. The summed E-state index contributed by atoms with van der Waals surface area (Å²) in [5.74, 6) is 0.403. The summed E-state index contributed by atoms with van der Waals surface area (Å²) in [6, 6.07) is 7.31. The molecule has 0 spiro atoms. The summed E-state index contributed by atoms with van der Waals surface area (Å²) in [5, 5.41) is 7.27. The van der Waals surface area contributed by atoms with Crippen molar-refractivity contribution in [2.45, 2.75) is 43.8 Å². The number of rotatable bonds is 6. The number of hydrogen-bond acceptors (Lipinski definition) is 6. The van der Waals surface area contributed by atoms with Crippen LogP contribution in [0.1, 0.15) is 25.7 Å². The van der Waals surface area contributed by atoms with Gasteiger partial charge in [-0.1, -0.05) is 29.8 Å². The van der Waals surface area contributed by atoms with Crippen LogP contribution in [-0.4, -0.2) is 46.0 Å². The number of anilines is 3. The standard InChI is InChI=1S/C25H24Cl2FN5O2/c1-3-22(34)33-14-4-5-15(33)9-13(8-14)31-20-10-16-19(11-21(20)35-2)29-12-30-25(16)32-18-7-6-17(26)23(27)24(18)28/h3,6-7,10-15,31H,1,4-5,8-9H2,2H3,(H,29,30,32)/t13?,14-,15+. The summed E-state index contributed by atoms with van der Waals surface area (Å²) < 4.78 is 20.3. The van der Waals surface area contributed by atoms with Crippen LogP contribution in [0.3, 0.4) is 0 Å². The van der Waals surface area contributed by atoms with Gasteiger partial charge in [-0.3, -0.25) is 4.79 Å². The normalized spacial score (nSPS) is 21.1. The van der Waals surface area contributed by atoms with Crippen molar-refractivity contribution in [2.24, 2.45) is 0 Å². The Morgan fingerprint density at radius 2 is 1.94 bits per heavy atom. The molecule has 2 fully saturated rings. The van der Waals surface area contributed by atoms with Gasteiger partial charge in [-0.25, -0.2) is 14.4 Å². The van der Waals surface area contributed by atoms with E-state index in [2.05, 4.69) is 27.2 Å². The molecule has 1 amide bonds. The summed E-state index contributed by atoms with van der Waals surface area (Å²) >= 11 is 11.9. The van der Waals surface area contributed by atoms with E-state index < -0.39 is 5.82 Å². The first-order valence-corrected chi connectivity index (χ1v) is 12.1. The molecule has 2 saturated heterocycles. The topological polar surface area (TPSA) is 79.4 Å². The number of halogens is 3. The molecular weight excluding hydrogens is 492 g/mol. The third-order valence-corrected chi connectivity index (χ3v) is 7.55. The molecule has 1 unspecified atom stereocenters. The second kappa shape index (κ2) is 9.51. The molecule has 0 aliphatic carbocycles. The van der Waals surface area contributed by atoms with Crippen LogP contribution < -0.4 is 15.4 Å². The van der Waals surface area contributed by atoms with Crippen molar-refractivity contribution in [2.75, 3.05) is 17.7 Å². The van der Waals surface area contributed by atoms with Crippen LogP contribution in [0.25, 0.3) is 10.9 Å². The van der Waals surface area contributed by atoms with E-state index in [4.69, 9.17) is 27.9 Å². The molecule has 10 heteroatoms. The second-order valence-corrected chi connectivity index (χ2v) is 9.57. The molecule has 35 heavy (non-hydrogen) atoms. The van der Waals surface area contributed by atoms with E-state index in [1.807, 2.05) is 17.0 Å². The third kappa shape index (κ3) is 4.36. The van der Waals surface area contributed by atoms with Crippen molar-refractivity contribution in [1.82, 2.24) is 14.9 Å². The van der Waals surface area contributed by atoms with Gasteiger partial charge in [0.2, 0.25) is 5.91 Å². The molecule has 2 bridgehead atoms. The van der Waals surface area contributed by atoms with Crippen LogP contribution in [0.5, 0.6) is 5.75 Å². The van der Waals surface area contributed by atoms with Crippen molar-refractivity contribution < 1.29 is 13.9 Å². The Balaban J connectivity index is 1.45. The fourth-order valence-electron chi connectivity index (χ4n) is 5.20. The van der Waals surface area contributed by atoms with Gasteiger partial charge in [0.1, 0.15) is 17.9 Å². The van der Waals surface area contributed by atoms with Crippen LogP contribution in [0, 0.1) is 5.82 Å². The third-order valence-electron chi connectivity index (χ3n) is 6.77.